The summed E-state index contributed by atoms with van der Waals surface area (Å²) in [4.78, 5) is 0. The highest BCUT2D eigenvalue weighted by Crippen LogP contribution is 2.22. The molecule has 1 atom stereocenters. The Morgan fingerprint density at radius 1 is 1.12 bits per heavy atom. The number of rotatable bonds is 3. The highest BCUT2D eigenvalue weighted by atomic mass is 79.9. The second kappa shape index (κ2) is 4.86. The summed E-state index contributed by atoms with van der Waals surface area (Å²) in [5.41, 5.74) is 0.0975. The summed E-state index contributed by atoms with van der Waals surface area (Å²) in [5.74, 6) is 0. The monoisotopic (exact) mass is 285 g/mol. The fourth-order valence-electron chi connectivity index (χ4n) is 1.35. The first kappa shape index (κ1) is 13.7. The molecular formula is C13H20BrNO. The summed E-state index contributed by atoms with van der Waals surface area (Å²) in [6, 6.07) is 7.77. The van der Waals surface area contributed by atoms with Crippen LogP contribution in [0.2, 0.25) is 0 Å². The molecule has 2 nitrogen and oxygen atoms in total. The second-order valence-electron chi connectivity index (χ2n) is 5.38. The van der Waals surface area contributed by atoms with Gasteiger partial charge < -0.3 is 10.4 Å². The van der Waals surface area contributed by atoms with Crippen LogP contribution in [0.25, 0.3) is 0 Å². The molecule has 0 radical (unpaired) electrons. The van der Waals surface area contributed by atoms with Crippen molar-refractivity contribution in [3.63, 3.8) is 0 Å². The summed E-state index contributed by atoms with van der Waals surface area (Å²) in [7, 11) is 0. The Bertz CT molecular complexity index is 338. The van der Waals surface area contributed by atoms with Gasteiger partial charge >= 0.3 is 0 Å². The van der Waals surface area contributed by atoms with Crippen LogP contribution in [0.5, 0.6) is 0 Å². The van der Waals surface area contributed by atoms with Gasteiger partial charge in [0, 0.05) is 16.6 Å². The van der Waals surface area contributed by atoms with Crippen LogP contribution in [-0.2, 0) is 5.60 Å². The van der Waals surface area contributed by atoms with Crippen LogP contribution in [0.15, 0.2) is 28.7 Å². The lowest BCUT2D eigenvalue weighted by Gasteiger charge is -2.29. The van der Waals surface area contributed by atoms with Crippen LogP contribution in [0.4, 0.5) is 0 Å². The maximum Gasteiger partial charge on any atom is 0.0992 e. The molecule has 1 unspecified atom stereocenters. The minimum Gasteiger partial charge on any atom is -0.384 e. The van der Waals surface area contributed by atoms with Gasteiger partial charge in [0.05, 0.1) is 5.60 Å². The SMILES string of the molecule is CC(C)(C)NCC(C)(O)c1ccc(Br)cc1. The molecule has 0 aliphatic rings. The number of nitrogens with one attached hydrogen (secondary N) is 1. The quantitative estimate of drug-likeness (QED) is 0.895. The molecule has 0 aromatic heterocycles. The van der Waals surface area contributed by atoms with E-state index in [2.05, 4.69) is 42.0 Å². The van der Waals surface area contributed by atoms with Crippen molar-refractivity contribution in [1.29, 1.82) is 0 Å². The van der Waals surface area contributed by atoms with Gasteiger partial charge in [-0.15, -0.1) is 0 Å². The van der Waals surface area contributed by atoms with Crippen molar-refractivity contribution < 1.29 is 5.11 Å². The van der Waals surface area contributed by atoms with Gasteiger partial charge in [-0.25, -0.2) is 0 Å². The summed E-state index contributed by atoms with van der Waals surface area (Å²) in [6.07, 6.45) is 0. The van der Waals surface area contributed by atoms with Crippen LogP contribution in [-0.4, -0.2) is 17.2 Å². The van der Waals surface area contributed by atoms with Crippen molar-refractivity contribution in [2.45, 2.75) is 38.8 Å². The van der Waals surface area contributed by atoms with E-state index in [-0.39, 0.29) is 5.54 Å². The maximum atomic E-state index is 10.4. The molecule has 0 heterocycles. The highest BCUT2D eigenvalue weighted by molar-refractivity contribution is 9.10. The van der Waals surface area contributed by atoms with E-state index in [9.17, 15) is 5.11 Å². The number of aliphatic hydroxyl groups is 1. The summed E-state index contributed by atoms with van der Waals surface area (Å²) in [6.45, 7) is 8.63. The number of benzene rings is 1. The average molecular weight is 286 g/mol. The van der Waals surface area contributed by atoms with Crippen molar-refractivity contribution >= 4 is 15.9 Å². The maximum absolute atomic E-state index is 10.4. The van der Waals surface area contributed by atoms with Gasteiger partial charge in [0.2, 0.25) is 0 Å². The van der Waals surface area contributed by atoms with Crippen LogP contribution in [0.1, 0.15) is 33.3 Å². The van der Waals surface area contributed by atoms with Crippen molar-refractivity contribution in [3.8, 4) is 0 Å². The van der Waals surface area contributed by atoms with E-state index in [1.54, 1.807) is 0 Å². The third-order valence-corrected chi connectivity index (χ3v) is 2.96. The summed E-state index contributed by atoms with van der Waals surface area (Å²) < 4.78 is 1.02. The van der Waals surface area contributed by atoms with Gasteiger partial charge in [-0.2, -0.15) is 0 Å². The molecule has 1 aromatic carbocycles. The Hall–Kier alpha value is -0.380. The minimum atomic E-state index is -0.839. The molecule has 1 aromatic rings. The van der Waals surface area contributed by atoms with Crippen molar-refractivity contribution in [3.05, 3.63) is 34.3 Å². The molecule has 16 heavy (non-hydrogen) atoms. The van der Waals surface area contributed by atoms with Crippen molar-refractivity contribution in [2.24, 2.45) is 0 Å². The van der Waals surface area contributed by atoms with E-state index in [1.807, 2.05) is 31.2 Å². The van der Waals surface area contributed by atoms with Gasteiger partial charge in [-0.3, -0.25) is 0 Å². The van der Waals surface area contributed by atoms with E-state index >= 15 is 0 Å². The molecule has 0 saturated carbocycles. The third kappa shape index (κ3) is 4.24. The van der Waals surface area contributed by atoms with Crippen LogP contribution in [0.3, 0.4) is 0 Å². The predicted octanol–water partition coefficient (Wildman–Crippen LogP) is 3.04. The Balaban J connectivity index is 2.73. The lowest BCUT2D eigenvalue weighted by atomic mass is 9.95. The topological polar surface area (TPSA) is 32.3 Å². The summed E-state index contributed by atoms with van der Waals surface area (Å²) >= 11 is 3.39. The number of hydrogen-bond donors (Lipinski definition) is 2. The van der Waals surface area contributed by atoms with Crippen LogP contribution >= 0.6 is 15.9 Å². The Morgan fingerprint density at radius 2 is 1.62 bits per heavy atom. The normalized spacial score (nSPS) is 15.9. The smallest absolute Gasteiger partial charge is 0.0992 e. The largest absolute Gasteiger partial charge is 0.384 e. The zero-order chi connectivity index (χ0) is 12.4. The van der Waals surface area contributed by atoms with Crippen LogP contribution < -0.4 is 5.32 Å². The molecule has 0 aliphatic carbocycles. The van der Waals surface area contributed by atoms with Gasteiger partial charge in [0.15, 0.2) is 0 Å². The fraction of sp³-hybridized carbons (Fsp3) is 0.538. The van der Waals surface area contributed by atoms with Crippen LogP contribution in [0, 0.1) is 0 Å². The van der Waals surface area contributed by atoms with E-state index in [0.29, 0.717) is 6.54 Å². The first-order valence-corrected chi connectivity index (χ1v) is 6.23. The number of β-amino-alcohol motifs (C(OH)–C–C–N with tert-alkyl or cyclic N) is 1. The van der Waals surface area contributed by atoms with E-state index < -0.39 is 5.60 Å². The standard InChI is InChI=1S/C13H20BrNO/c1-12(2,3)15-9-13(4,16)10-5-7-11(14)8-6-10/h5-8,15-16H,9H2,1-4H3. The van der Waals surface area contributed by atoms with Crippen molar-refractivity contribution in [1.82, 2.24) is 5.32 Å². The zero-order valence-electron chi connectivity index (χ0n) is 10.3. The molecular weight excluding hydrogens is 266 g/mol. The van der Waals surface area contributed by atoms with Gasteiger partial charge in [-0.05, 0) is 45.4 Å². The second-order valence-corrected chi connectivity index (χ2v) is 6.30. The Labute approximate surface area is 106 Å². The number of halogens is 1. The fourth-order valence-corrected chi connectivity index (χ4v) is 1.61. The predicted molar refractivity (Wildman–Crippen MR) is 71.5 cm³/mol. The third-order valence-electron chi connectivity index (χ3n) is 2.43. The Kier molecular flexibility index (Phi) is 4.16. The highest BCUT2D eigenvalue weighted by Gasteiger charge is 2.24. The molecule has 0 amide bonds. The molecule has 3 heteroatoms. The number of hydrogen-bond acceptors (Lipinski definition) is 2. The van der Waals surface area contributed by atoms with Gasteiger partial charge in [0.25, 0.3) is 0 Å². The minimum absolute atomic E-state index is 0.0132. The average Bonchev–Trinajstić information content (AvgIpc) is 2.15. The molecule has 0 aliphatic heterocycles. The molecule has 0 fully saturated rings. The lowest BCUT2D eigenvalue weighted by molar-refractivity contribution is 0.0502. The first-order chi connectivity index (χ1) is 7.21. The van der Waals surface area contributed by atoms with Gasteiger partial charge in [0.1, 0.15) is 0 Å². The van der Waals surface area contributed by atoms with E-state index in [4.69, 9.17) is 0 Å². The van der Waals surface area contributed by atoms with Gasteiger partial charge in [-0.1, -0.05) is 28.1 Å². The summed E-state index contributed by atoms with van der Waals surface area (Å²) in [5, 5.41) is 13.7. The van der Waals surface area contributed by atoms with E-state index in [1.165, 1.54) is 0 Å². The molecule has 0 spiro atoms. The molecule has 90 valence electrons. The molecule has 0 bridgehead atoms. The molecule has 2 N–H and O–H groups in total. The Morgan fingerprint density at radius 3 is 2.06 bits per heavy atom. The lowest BCUT2D eigenvalue weighted by Crippen LogP contribution is -2.44. The molecule has 1 rings (SSSR count). The zero-order valence-corrected chi connectivity index (χ0v) is 11.9. The van der Waals surface area contributed by atoms with E-state index in [0.717, 1.165) is 10.0 Å². The van der Waals surface area contributed by atoms with Crippen molar-refractivity contribution in [2.75, 3.05) is 6.54 Å². The first-order valence-electron chi connectivity index (χ1n) is 5.44. The molecule has 0 saturated heterocycles.